The summed E-state index contributed by atoms with van der Waals surface area (Å²) < 4.78 is 7.93. The number of rotatable bonds is 7. The molecular formula is C22H25BrN2O4S. The highest BCUT2D eigenvalue weighted by Gasteiger charge is 2.27. The molecule has 2 aromatic carbocycles. The summed E-state index contributed by atoms with van der Waals surface area (Å²) in [7, 11) is 5.74. The Hall–Kier alpha value is -2.16. The van der Waals surface area contributed by atoms with E-state index in [1.54, 1.807) is 25.1 Å². The Bertz CT molecular complexity index is 1090. The zero-order valence-electron chi connectivity index (χ0n) is 17.4. The second-order valence-corrected chi connectivity index (χ2v) is 9.11. The number of aromatic hydroxyl groups is 2. The molecule has 0 aliphatic heterocycles. The fraction of sp³-hybridized carbons (Fsp3) is 0.318. The van der Waals surface area contributed by atoms with Gasteiger partial charge in [-0.15, -0.1) is 11.8 Å². The van der Waals surface area contributed by atoms with Crippen LogP contribution in [0.2, 0.25) is 0 Å². The third kappa shape index (κ3) is 4.45. The van der Waals surface area contributed by atoms with Crippen LogP contribution in [0.25, 0.3) is 10.9 Å². The van der Waals surface area contributed by atoms with Gasteiger partial charge in [-0.3, -0.25) is 0 Å². The average Bonchev–Trinajstić information content (AvgIpc) is 2.95. The zero-order chi connectivity index (χ0) is 22.0. The molecule has 0 aliphatic rings. The largest absolute Gasteiger partial charge is 0.508 e. The van der Waals surface area contributed by atoms with Crippen LogP contribution < -0.4 is 0 Å². The van der Waals surface area contributed by atoms with Crippen LogP contribution in [0.4, 0.5) is 0 Å². The Morgan fingerprint density at radius 1 is 1.27 bits per heavy atom. The van der Waals surface area contributed by atoms with Crippen molar-refractivity contribution in [2.24, 2.45) is 7.05 Å². The highest BCUT2D eigenvalue weighted by atomic mass is 79.9. The zero-order valence-corrected chi connectivity index (χ0v) is 19.8. The molecule has 30 heavy (non-hydrogen) atoms. The molecule has 6 nitrogen and oxygen atoms in total. The first kappa shape index (κ1) is 22.5. The van der Waals surface area contributed by atoms with E-state index in [4.69, 9.17) is 4.74 Å². The van der Waals surface area contributed by atoms with E-state index in [2.05, 4.69) is 15.9 Å². The smallest absolute Gasteiger partial charge is 0.340 e. The first-order valence-corrected chi connectivity index (χ1v) is 11.3. The highest BCUT2D eigenvalue weighted by molar-refractivity contribution is 9.10. The van der Waals surface area contributed by atoms with Crippen LogP contribution in [0.3, 0.4) is 0 Å². The summed E-state index contributed by atoms with van der Waals surface area (Å²) in [5, 5.41) is 21.2. The van der Waals surface area contributed by atoms with E-state index in [0.29, 0.717) is 33.3 Å². The van der Waals surface area contributed by atoms with Crippen LogP contribution in [-0.4, -0.2) is 46.4 Å². The lowest BCUT2D eigenvalue weighted by atomic mass is 10.0. The minimum absolute atomic E-state index is 0.125. The molecule has 0 saturated heterocycles. The van der Waals surface area contributed by atoms with Crippen LogP contribution in [0.15, 0.2) is 39.7 Å². The number of esters is 1. The molecule has 0 radical (unpaired) electrons. The molecule has 3 rings (SSSR count). The van der Waals surface area contributed by atoms with Crippen molar-refractivity contribution in [2.45, 2.75) is 24.1 Å². The van der Waals surface area contributed by atoms with Gasteiger partial charge in [-0.2, -0.15) is 0 Å². The molecule has 0 fully saturated rings. The molecule has 0 atom stereocenters. The maximum absolute atomic E-state index is 13.0. The van der Waals surface area contributed by atoms with Gasteiger partial charge in [0.2, 0.25) is 0 Å². The van der Waals surface area contributed by atoms with Crippen LogP contribution in [-0.2, 0) is 24.1 Å². The molecule has 1 aromatic heterocycles. The third-order valence-corrected chi connectivity index (χ3v) is 6.39. The number of ether oxygens (including phenoxy) is 1. The monoisotopic (exact) mass is 492 g/mol. The molecule has 1 heterocycles. The number of hydrogen-bond donors (Lipinski definition) is 2. The van der Waals surface area contributed by atoms with Crippen LogP contribution in [0.5, 0.6) is 11.5 Å². The maximum atomic E-state index is 13.0. The van der Waals surface area contributed by atoms with E-state index in [-0.39, 0.29) is 18.1 Å². The number of aromatic nitrogens is 1. The van der Waals surface area contributed by atoms with Gasteiger partial charge in [-0.25, -0.2) is 4.79 Å². The van der Waals surface area contributed by atoms with Gasteiger partial charge >= 0.3 is 5.97 Å². The predicted molar refractivity (Wildman–Crippen MR) is 123 cm³/mol. The van der Waals surface area contributed by atoms with Gasteiger partial charge in [-0.1, -0.05) is 6.07 Å². The summed E-state index contributed by atoms with van der Waals surface area (Å²) in [6.07, 6.45) is 0. The van der Waals surface area contributed by atoms with E-state index in [1.807, 2.05) is 42.7 Å². The normalized spacial score (nSPS) is 11.4. The Kier molecular flexibility index (Phi) is 7.00. The number of phenols is 2. The molecule has 160 valence electrons. The van der Waals surface area contributed by atoms with Crippen molar-refractivity contribution in [2.75, 3.05) is 20.7 Å². The molecule has 2 N–H and O–H groups in total. The van der Waals surface area contributed by atoms with Gasteiger partial charge in [0, 0.05) is 40.9 Å². The van der Waals surface area contributed by atoms with E-state index in [1.165, 1.54) is 11.8 Å². The minimum Gasteiger partial charge on any atom is -0.508 e. The van der Waals surface area contributed by atoms with Crippen LogP contribution in [0, 0.1) is 0 Å². The summed E-state index contributed by atoms with van der Waals surface area (Å²) in [6.45, 7) is 2.51. The Labute approximate surface area is 188 Å². The highest BCUT2D eigenvalue weighted by Crippen LogP contribution is 2.41. The lowest BCUT2D eigenvalue weighted by Crippen LogP contribution is -2.13. The lowest BCUT2D eigenvalue weighted by Gasteiger charge is -2.15. The lowest BCUT2D eigenvalue weighted by molar-refractivity contribution is 0.0527. The molecule has 0 aliphatic carbocycles. The van der Waals surface area contributed by atoms with Crippen LogP contribution in [0.1, 0.15) is 28.5 Å². The second kappa shape index (κ2) is 9.32. The van der Waals surface area contributed by atoms with E-state index < -0.39 is 5.97 Å². The molecule has 0 unspecified atom stereocenters. The maximum Gasteiger partial charge on any atom is 0.340 e. The number of aryl methyl sites for hydroxylation is 1. The first-order valence-electron chi connectivity index (χ1n) is 9.49. The summed E-state index contributed by atoms with van der Waals surface area (Å²) in [4.78, 5) is 15.8. The van der Waals surface area contributed by atoms with Gasteiger partial charge in [0.15, 0.2) is 0 Å². The SMILES string of the molecule is CCOC(=O)c1c(CSc2cccc(O)c2)n(C)c2cc(Br)c(O)c(CN(C)C)c12. The first-order chi connectivity index (χ1) is 14.2. The standard InChI is InChI=1S/C22H25BrN2O4S/c1-5-29-22(28)20-18(12-30-14-8-6-7-13(26)9-14)25(4)17-10-16(23)21(27)15(19(17)20)11-24(2)3/h6-10,26-27H,5,11-12H2,1-4H3. The number of carbonyl (C=O) groups excluding carboxylic acids is 1. The number of thioether (sulfide) groups is 1. The Balaban J connectivity index is 2.21. The topological polar surface area (TPSA) is 74.9 Å². The number of halogens is 1. The summed E-state index contributed by atoms with van der Waals surface area (Å²) in [5.74, 6) is 0.420. The number of carbonyl (C=O) groups is 1. The Morgan fingerprint density at radius 2 is 2.00 bits per heavy atom. The molecule has 3 aromatic rings. The number of hydrogen-bond acceptors (Lipinski definition) is 6. The predicted octanol–water partition coefficient (Wildman–Crippen LogP) is 4.88. The second-order valence-electron chi connectivity index (χ2n) is 7.20. The van der Waals surface area contributed by atoms with Crippen molar-refractivity contribution >= 4 is 44.6 Å². The summed E-state index contributed by atoms with van der Waals surface area (Å²) >= 11 is 4.97. The molecule has 0 spiro atoms. The molecule has 0 bridgehead atoms. The molecular weight excluding hydrogens is 468 g/mol. The quantitative estimate of drug-likeness (QED) is 0.361. The number of nitrogens with zero attached hydrogens (tertiary/aromatic N) is 2. The van der Waals surface area contributed by atoms with Crippen molar-refractivity contribution in [1.29, 1.82) is 0 Å². The van der Waals surface area contributed by atoms with Gasteiger partial charge in [-0.05, 0) is 61.2 Å². The fourth-order valence-electron chi connectivity index (χ4n) is 3.47. The van der Waals surface area contributed by atoms with Crippen molar-refractivity contribution < 1.29 is 19.7 Å². The molecule has 0 amide bonds. The Morgan fingerprint density at radius 3 is 2.63 bits per heavy atom. The molecule has 8 heteroatoms. The van der Waals surface area contributed by atoms with E-state index in [9.17, 15) is 15.0 Å². The van der Waals surface area contributed by atoms with Crippen LogP contribution >= 0.6 is 27.7 Å². The van der Waals surface area contributed by atoms with Crippen molar-refractivity contribution in [3.05, 3.63) is 51.6 Å². The fourth-order valence-corrected chi connectivity index (χ4v) is 4.94. The summed E-state index contributed by atoms with van der Waals surface area (Å²) in [6, 6.07) is 8.85. The van der Waals surface area contributed by atoms with Crippen molar-refractivity contribution in [1.82, 2.24) is 9.47 Å². The van der Waals surface area contributed by atoms with Crippen molar-refractivity contribution in [3.8, 4) is 11.5 Å². The number of fused-ring (bicyclic) bond motifs is 1. The van der Waals surface area contributed by atoms with Gasteiger partial charge in [0.1, 0.15) is 11.5 Å². The van der Waals surface area contributed by atoms with E-state index >= 15 is 0 Å². The molecule has 0 saturated carbocycles. The van der Waals surface area contributed by atoms with E-state index in [0.717, 1.165) is 16.1 Å². The third-order valence-electron chi connectivity index (χ3n) is 4.79. The minimum atomic E-state index is -0.406. The van der Waals surface area contributed by atoms with Gasteiger partial charge in [0.25, 0.3) is 0 Å². The summed E-state index contributed by atoms with van der Waals surface area (Å²) in [5.41, 5.74) is 2.79. The number of benzene rings is 2. The number of phenolic OH excluding ortho intramolecular Hbond substituents is 2. The van der Waals surface area contributed by atoms with Gasteiger partial charge < -0.3 is 24.4 Å². The van der Waals surface area contributed by atoms with Gasteiger partial charge in [0.05, 0.1) is 22.2 Å². The van der Waals surface area contributed by atoms with Crippen molar-refractivity contribution in [3.63, 3.8) is 0 Å². The average molecular weight is 493 g/mol.